The minimum atomic E-state index is 0.686. The number of ether oxygens (including phenoxy) is 1. The quantitative estimate of drug-likeness (QED) is 0.782. The fourth-order valence-corrected chi connectivity index (χ4v) is 2.39. The summed E-state index contributed by atoms with van der Waals surface area (Å²) in [6, 6.07) is 11.9. The number of benzene rings is 1. The number of anilines is 1. The van der Waals surface area contributed by atoms with E-state index in [9.17, 15) is 5.26 Å². The van der Waals surface area contributed by atoms with Gasteiger partial charge in [0.15, 0.2) is 0 Å². The van der Waals surface area contributed by atoms with Crippen LogP contribution in [0.25, 0.3) is 10.9 Å². The van der Waals surface area contributed by atoms with E-state index >= 15 is 0 Å². The Morgan fingerprint density at radius 1 is 1.21 bits per heavy atom. The van der Waals surface area contributed by atoms with Crippen molar-refractivity contribution in [3.63, 3.8) is 0 Å². The summed E-state index contributed by atoms with van der Waals surface area (Å²) in [5.74, 6) is 0.876. The van der Waals surface area contributed by atoms with Crippen LogP contribution >= 0.6 is 0 Å². The lowest BCUT2D eigenvalue weighted by atomic mass is 10.1. The topological polar surface area (TPSA) is 49.2 Å². The number of fused-ring (bicyclic) bond motifs is 1. The molecule has 19 heavy (non-hydrogen) atoms. The van der Waals surface area contributed by atoms with Crippen molar-refractivity contribution in [1.29, 1.82) is 5.26 Å². The monoisotopic (exact) mass is 253 g/mol. The van der Waals surface area contributed by atoms with E-state index in [1.54, 1.807) is 0 Å². The van der Waals surface area contributed by atoms with Crippen LogP contribution in [0.15, 0.2) is 30.3 Å². The molecule has 1 fully saturated rings. The van der Waals surface area contributed by atoms with E-state index in [1.165, 1.54) is 0 Å². The minimum absolute atomic E-state index is 0.686. The molecule has 96 valence electrons. The third-order valence-corrected chi connectivity index (χ3v) is 3.37. The molecule has 1 aromatic carbocycles. The first-order valence-corrected chi connectivity index (χ1v) is 6.51. The maximum Gasteiger partial charge on any atom is 0.130 e. The molecule has 4 heteroatoms. The molecule has 0 aliphatic carbocycles. The second-order valence-corrected chi connectivity index (χ2v) is 4.61. The predicted molar refractivity (Wildman–Crippen MR) is 74.1 cm³/mol. The number of pyridine rings is 1. The Labute approximate surface area is 112 Å². The summed E-state index contributed by atoms with van der Waals surface area (Å²) in [7, 11) is 0. The van der Waals surface area contributed by atoms with Gasteiger partial charge in [-0.1, -0.05) is 18.2 Å². The molecule has 3 rings (SSSR count). The molecule has 1 saturated heterocycles. The van der Waals surface area contributed by atoms with Gasteiger partial charge in [-0.2, -0.15) is 5.26 Å². The Kier molecular flexibility index (Phi) is 3.30. The highest BCUT2D eigenvalue weighted by Crippen LogP contribution is 2.23. The lowest BCUT2D eigenvalue weighted by molar-refractivity contribution is 0.152. The zero-order valence-electron chi connectivity index (χ0n) is 10.7. The van der Waals surface area contributed by atoms with Crippen LogP contribution in [-0.2, 0) is 4.74 Å². The molecule has 1 aliphatic rings. The molecule has 2 heterocycles. The average Bonchev–Trinajstić information content (AvgIpc) is 2.75. The summed E-state index contributed by atoms with van der Waals surface area (Å²) < 4.78 is 5.46. The van der Waals surface area contributed by atoms with Gasteiger partial charge in [0, 0.05) is 25.1 Å². The van der Waals surface area contributed by atoms with E-state index in [0.29, 0.717) is 5.56 Å². The van der Waals surface area contributed by atoms with Gasteiger partial charge >= 0.3 is 0 Å². The maximum absolute atomic E-state index is 9.29. The summed E-state index contributed by atoms with van der Waals surface area (Å²) in [6.07, 6.45) is 0.996. The van der Waals surface area contributed by atoms with Gasteiger partial charge in [-0.25, -0.2) is 4.98 Å². The molecule has 4 nitrogen and oxygen atoms in total. The van der Waals surface area contributed by atoms with E-state index in [2.05, 4.69) is 16.0 Å². The molecular weight excluding hydrogens is 238 g/mol. The number of aromatic nitrogens is 1. The smallest absolute Gasteiger partial charge is 0.130 e. The van der Waals surface area contributed by atoms with Gasteiger partial charge in [0.05, 0.1) is 23.8 Å². The maximum atomic E-state index is 9.29. The Bertz CT molecular complexity index is 625. The van der Waals surface area contributed by atoms with Gasteiger partial charge in [-0.05, 0) is 18.6 Å². The van der Waals surface area contributed by atoms with E-state index in [1.807, 2.05) is 30.3 Å². The van der Waals surface area contributed by atoms with Gasteiger partial charge in [0.2, 0.25) is 0 Å². The summed E-state index contributed by atoms with van der Waals surface area (Å²) in [5.41, 5.74) is 1.56. The molecule has 0 saturated carbocycles. The molecule has 0 atom stereocenters. The Morgan fingerprint density at radius 3 is 3.00 bits per heavy atom. The van der Waals surface area contributed by atoms with E-state index in [4.69, 9.17) is 4.74 Å². The third kappa shape index (κ3) is 2.38. The number of nitriles is 1. The molecule has 0 amide bonds. The van der Waals surface area contributed by atoms with Crippen molar-refractivity contribution < 1.29 is 4.74 Å². The molecule has 2 aromatic rings. The molecule has 0 unspecified atom stereocenters. The molecule has 0 spiro atoms. The van der Waals surface area contributed by atoms with Gasteiger partial charge in [-0.3, -0.25) is 0 Å². The van der Waals surface area contributed by atoms with Crippen molar-refractivity contribution >= 4 is 16.7 Å². The number of para-hydroxylation sites is 1. The lowest BCUT2D eigenvalue weighted by Crippen LogP contribution is -2.26. The number of nitrogens with zero attached hydrogens (tertiary/aromatic N) is 3. The largest absolute Gasteiger partial charge is 0.380 e. The number of rotatable bonds is 1. The van der Waals surface area contributed by atoms with Gasteiger partial charge < -0.3 is 9.64 Å². The lowest BCUT2D eigenvalue weighted by Gasteiger charge is -2.21. The zero-order valence-corrected chi connectivity index (χ0v) is 10.7. The predicted octanol–water partition coefficient (Wildman–Crippen LogP) is 2.33. The van der Waals surface area contributed by atoms with Gasteiger partial charge in [0.25, 0.3) is 0 Å². The highest BCUT2D eigenvalue weighted by atomic mass is 16.5. The van der Waals surface area contributed by atoms with Crippen molar-refractivity contribution in [2.45, 2.75) is 6.42 Å². The normalized spacial score (nSPS) is 16.1. The zero-order chi connectivity index (χ0) is 13.1. The summed E-state index contributed by atoms with van der Waals surface area (Å²) in [5, 5.41) is 10.2. The molecule has 0 N–H and O–H groups in total. The van der Waals surface area contributed by atoms with Crippen molar-refractivity contribution in [2.75, 3.05) is 31.2 Å². The summed E-state index contributed by atoms with van der Waals surface area (Å²) in [4.78, 5) is 6.86. The van der Waals surface area contributed by atoms with Crippen molar-refractivity contribution in [1.82, 2.24) is 4.98 Å². The molecule has 1 aliphatic heterocycles. The Balaban J connectivity index is 2.06. The summed E-state index contributed by atoms with van der Waals surface area (Å²) >= 11 is 0. The first-order chi connectivity index (χ1) is 9.38. The van der Waals surface area contributed by atoms with Crippen LogP contribution in [-0.4, -0.2) is 31.3 Å². The van der Waals surface area contributed by atoms with E-state index in [-0.39, 0.29) is 0 Å². The summed E-state index contributed by atoms with van der Waals surface area (Å²) in [6.45, 7) is 3.28. The molecule has 0 bridgehead atoms. The number of hydrogen-bond donors (Lipinski definition) is 0. The Morgan fingerprint density at radius 2 is 2.11 bits per heavy atom. The van der Waals surface area contributed by atoms with Crippen LogP contribution in [0.5, 0.6) is 0 Å². The Hall–Kier alpha value is -2.12. The van der Waals surface area contributed by atoms with Gasteiger partial charge in [-0.15, -0.1) is 0 Å². The van der Waals surface area contributed by atoms with E-state index in [0.717, 1.165) is 49.4 Å². The van der Waals surface area contributed by atoms with Crippen LogP contribution in [0.1, 0.15) is 12.0 Å². The van der Waals surface area contributed by atoms with Crippen LogP contribution in [0.2, 0.25) is 0 Å². The molecular formula is C15H15N3O. The SMILES string of the molecule is N#Cc1cc(N2CCCOCC2)nc2ccccc12. The van der Waals surface area contributed by atoms with Crippen molar-refractivity contribution in [2.24, 2.45) is 0 Å². The first-order valence-electron chi connectivity index (χ1n) is 6.51. The third-order valence-electron chi connectivity index (χ3n) is 3.37. The van der Waals surface area contributed by atoms with Crippen molar-refractivity contribution in [3.05, 3.63) is 35.9 Å². The fourth-order valence-electron chi connectivity index (χ4n) is 2.39. The van der Waals surface area contributed by atoms with Gasteiger partial charge in [0.1, 0.15) is 5.82 Å². The highest BCUT2D eigenvalue weighted by Gasteiger charge is 2.13. The first kappa shape index (κ1) is 11.9. The van der Waals surface area contributed by atoms with Crippen LogP contribution in [0.4, 0.5) is 5.82 Å². The van der Waals surface area contributed by atoms with Crippen LogP contribution < -0.4 is 4.90 Å². The number of hydrogen-bond acceptors (Lipinski definition) is 4. The highest BCUT2D eigenvalue weighted by molar-refractivity contribution is 5.86. The van der Waals surface area contributed by atoms with Crippen LogP contribution in [0.3, 0.4) is 0 Å². The molecule has 0 radical (unpaired) electrons. The molecule has 1 aromatic heterocycles. The second kappa shape index (κ2) is 5.25. The standard InChI is InChI=1S/C15H15N3O/c16-11-12-10-15(18-6-3-8-19-9-7-18)17-14-5-2-1-4-13(12)14/h1-2,4-5,10H,3,6-9H2. The van der Waals surface area contributed by atoms with Crippen molar-refractivity contribution in [3.8, 4) is 6.07 Å². The minimum Gasteiger partial charge on any atom is -0.380 e. The average molecular weight is 253 g/mol. The van der Waals surface area contributed by atoms with E-state index < -0.39 is 0 Å². The van der Waals surface area contributed by atoms with Crippen LogP contribution in [0, 0.1) is 11.3 Å². The second-order valence-electron chi connectivity index (χ2n) is 4.61. The fraction of sp³-hybridized carbons (Fsp3) is 0.333.